The van der Waals surface area contributed by atoms with Crippen molar-refractivity contribution in [3.63, 3.8) is 0 Å². The van der Waals surface area contributed by atoms with Gasteiger partial charge >= 0.3 is 0 Å². The second kappa shape index (κ2) is 8.97. The number of nitrogens with zero attached hydrogens (tertiary/aromatic N) is 1. The molecule has 3 rings (SSSR count). The molecule has 0 unspecified atom stereocenters. The molecule has 2 aromatic rings. The fourth-order valence-corrected chi connectivity index (χ4v) is 4.32. The molecular weight excluding hydrogens is 378 g/mol. The van der Waals surface area contributed by atoms with Crippen molar-refractivity contribution in [2.45, 2.75) is 45.6 Å². The number of rotatable bonds is 6. The van der Waals surface area contributed by atoms with E-state index in [9.17, 15) is 19.7 Å². The highest BCUT2D eigenvalue weighted by Gasteiger charge is 2.24. The number of carbonyl (C=O) groups is 2. The predicted octanol–water partition coefficient (Wildman–Crippen LogP) is 4.41. The molecule has 0 spiro atoms. The Morgan fingerprint density at radius 2 is 1.96 bits per heavy atom. The number of hydrogen-bond acceptors (Lipinski definition) is 5. The van der Waals surface area contributed by atoms with Crippen molar-refractivity contribution in [3.05, 3.63) is 56.5 Å². The van der Waals surface area contributed by atoms with Crippen LogP contribution in [0, 0.1) is 23.0 Å². The van der Waals surface area contributed by atoms with Crippen LogP contribution in [-0.2, 0) is 11.3 Å². The summed E-state index contributed by atoms with van der Waals surface area (Å²) in [6.07, 6.45) is 5.10. The van der Waals surface area contributed by atoms with Crippen molar-refractivity contribution < 1.29 is 14.5 Å². The fraction of sp³-hybridized carbons (Fsp3) is 0.400. The number of nitro groups is 1. The van der Waals surface area contributed by atoms with Gasteiger partial charge in [-0.2, -0.15) is 0 Å². The average Bonchev–Trinajstić information content (AvgIpc) is 3.07. The molecule has 1 aliphatic rings. The van der Waals surface area contributed by atoms with Gasteiger partial charge in [-0.05, 0) is 31.4 Å². The molecule has 0 aliphatic heterocycles. The predicted molar refractivity (Wildman–Crippen MR) is 109 cm³/mol. The van der Waals surface area contributed by atoms with E-state index in [1.165, 1.54) is 29.9 Å². The number of thiophene rings is 1. The Labute approximate surface area is 167 Å². The minimum absolute atomic E-state index is 0.0111. The molecule has 1 heterocycles. The summed E-state index contributed by atoms with van der Waals surface area (Å²) in [5.74, 6) is -0.319. The summed E-state index contributed by atoms with van der Waals surface area (Å²) in [4.78, 5) is 36.5. The maximum absolute atomic E-state index is 12.6. The summed E-state index contributed by atoms with van der Waals surface area (Å²) in [6.45, 7) is 2.06. The molecule has 0 atom stereocenters. The Balaban J connectivity index is 1.66. The Morgan fingerprint density at radius 1 is 1.21 bits per heavy atom. The summed E-state index contributed by atoms with van der Waals surface area (Å²) >= 11 is 1.38. The van der Waals surface area contributed by atoms with Crippen LogP contribution in [0.25, 0.3) is 0 Å². The zero-order valence-electron chi connectivity index (χ0n) is 15.7. The molecule has 0 saturated heterocycles. The molecule has 28 heavy (non-hydrogen) atoms. The van der Waals surface area contributed by atoms with E-state index in [0.717, 1.165) is 30.6 Å². The van der Waals surface area contributed by atoms with Gasteiger partial charge in [0.1, 0.15) is 5.00 Å². The summed E-state index contributed by atoms with van der Waals surface area (Å²) in [5.41, 5.74) is 1.05. The van der Waals surface area contributed by atoms with Crippen LogP contribution in [0.2, 0.25) is 0 Å². The number of nitro benzene ring substituents is 1. The quantitative estimate of drug-likeness (QED) is 0.553. The van der Waals surface area contributed by atoms with Gasteiger partial charge in [0.2, 0.25) is 5.91 Å². The highest BCUT2D eigenvalue weighted by atomic mass is 32.1. The molecule has 2 N–H and O–H groups in total. The SMILES string of the molecule is Cc1cc(C(=O)NCc2cccc([N+](=O)[O-])c2)c(NC(=O)C2CCCCC2)s1. The van der Waals surface area contributed by atoms with E-state index in [4.69, 9.17) is 0 Å². The lowest BCUT2D eigenvalue weighted by Gasteiger charge is -2.20. The summed E-state index contributed by atoms with van der Waals surface area (Å²) in [6, 6.07) is 7.91. The van der Waals surface area contributed by atoms with E-state index < -0.39 is 4.92 Å². The van der Waals surface area contributed by atoms with Gasteiger partial charge in [0.05, 0.1) is 10.5 Å². The van der Waals surface area contributed by atoms with E-state index >= 15 is 0 Å². The Morgan fingerprint density at radius 3 is 2.68 bits per heavy atom. The Hall–Kier alpha value is -2.74. The lowest BCUT2D eigenvalue weighted by Crippen LogP contribution is -2.27. The molecule has 7 nitrogen and oxygen atoms in total. The van der Waals surface area contributed by atoms with Gasteiger partial charge in [-0.1, -0.05) is 31.4 Å². The first-order valence-electron chi connectivity index (χ1n) is 9.37. The summed E-state index contributed by atoms with van der Waals surface area (Å²) < 4.78 is 0. The third-order valence-electron chi connectivity index (χ3n) is 4.89. The number of aryl methyl sites for hydroxylation is 1. The Kier molecular flexibility index (Phi) is 6.41. The third kappa shape index (κ3) is 4.95. The normalized spacial score (nSPS) is 14.5. The molecule has 1 saturated carbocycles. The average molecular weight is 401 g/mol. The number of non-ortho nitro benzene ring substituents is 1. The first kappa shape index (κ1) is 20.0. The van der Waals surface area contributed by atoms with Crippen molar-refractivity contribution in [2.75, 3.05) is 5.32 Å². The van der Waals surface area contributed by atoms with Crippen LogP contribution in [-0.4, -0.2) is 16.7 Å². The van der Waals surface area contributed by atoms with Crippen LogP contribution in [0.1, 0.15) is 52.9 Å². The molecule has 2 amide bonds. The van der Waals surface area contributed by atoms with Crippen molar-refractivity contribution in [2.24, 2.45) is 5.92 Å². The molecule has 1 fully saturated rings. The number of carbonyl (C=O) groups excluding carboxylic acids is 2. The highest BCUT2D eigenvalue weighted by molar-refractivity contribution is 7.16. The van der Waals surface area contributed by atoms with Crippen LogP contribution < -0.4 is 10.6 Å². The van der Waals surface area contributed by atoms with Gasteiger partial charge in [0.25, 0.3) is 11.6 Å². The first-order valence-corrected chi connectivity index (χ1v) is 10.2. The minimum atomic E-state index is -0.466. The monoisotopic (exact) mass is 401 g/mol. The third-order valence-corrected chi connectivity index (χ3v) is 5.85. The van der Waals surface area contributed by atoms with E-state index in [1.807, 2.05) is 6.92 Å². The van der Waals surface area contributed by atoms with Gasteiger partial charge in [-0.3, -0.25) is 19.7 Å². The van der Waals surface area contributed by atoms with E-state index in [2.05, 4.69) is 10.6 Å². The standard InChI is InChI=1S/C20H23N3O4S/c1-13-10-17(20(28-13)22-18(24)15-7-3-2-4-8-15)19(25)21-12-14-6-5-9-16(11-14)23(26)27/h5-6,9-11,15H,2-4,7-8,12H2,1H3,(H,21,25)(H,22,24). The number of anilines is 1. The molecule has 1 aromatic carbocycles. The summed E-state index contributed by atoms with van der Waals surface area (Å²) in [7, 11) is 0. The maximum atomic E-state index is 12.6. The van der Waals surface area contributed by atoms with Crippen molar-refractivity contribution in [1.29, 1.82) is 0 Å². The lowest BCUT2D eigenvalue weighted by atomic mass is 9.89. The van der Waals surface area contributed by atoms with Crippen molar-refractivity contribution in [3.8, 4) is 0 Å². The van der Waals surface area contributed by atoms with Crippen LogP contribution in [0.3, 0.4) is 0 Å². The minimum Gasteiger partial charge on any atom is -0.348 e. The molecule has 8 heteroatoms. The zero-order chi connectivity index (χ0) is 20.1. The van der Waals surface area contributed by atoms with Gasteiger partial charge in [-0.15, -0.1) is 11.3 Å². The molecule has 1 aromatic heterocycles. The maximum Gasteiger partial charge on any atom is 0.269 e. The second-order valence-corrected chi connectivity index (χ2v) is 8.29. The fourth-order valence-electron chi connectivity index (χ4n) is 3.41. The van der Waals surface area contributed by atoms with E-state index in [0.29, 0.717) is 16.1 Å². The van der Waals surface area contributed by atoms with Gasteiger partial charge in [-0.25, -0.2) is 0 Å². The zero-order valence-corrected chi connectivity index (χ0v) is 16.5. The second-order valence-electron chi connectivity index (χ2n) is 7.03. The molecular formula is C20H23N3O4S. The highest BCUT2D eigenvalue weighted by Crippen LogP contribution is 2.30. The largest absolute Gasteiger partial charge is 0.348 e. The topological polar surface area (TPSA) is 101 Å². The van der Waals surface area contributed by atoms with Crippen LogP contribution in [0.15, 0.2) is 30.3 Å². The van der Waals surface area contributed by atoms with Gasteiger partial charge in [0.15, 0.2) is 0 Å². The number of amides is 2. The first-order chi connectivity index (χ1) is 13.4. The van der Waals surface area contributed by atoms with Gasteiger partial charge in [0, 0.05) is 29.5 Å². The number of hydrogen-bond donors (Lipinski definition) is 2. The van der Waals surface area contributed by atoms with Crippen LogP contribution in [0.4, 0.5) is 10.7 Å². The number of benzene rings is 1. The van der Waals surface area contributed by atoms with Crippen LogP contribution in [0.5, 0.6) is 0 Å². The van der Waals surface area contributed by atoms with Crippen molar-refractivity contribution in [1.82, 2.24) is 5.32 Å². The lowest BCUT2D eigenvalue weighted by molar-refractivity contribution is -0.384. The van der Waals surface area contributed by atoms with E-state index in [1.54, 1.807) is 18.2 Å². The molecule has 148 valence electrons. The van der Waals surface area contributed by atoms with Gasteiger partial charge < -0.3 is 10.6 Å². The number of nitrogens with one attached hydrogen (secondary N) is 2. The smallest absolute Gasteiger partial charge is 0.269 e. The Bertz CT molecular complexity index is 887. The van der Waals surface area contributed by atoms with E-state index in [-0.39, 0.29) is 30.0 Å². The molecule has 1 aliphatic carbocycles. The molecule has 0 bridgehead atoms. The summed E-state index contributed by atoms with van der Waals surface area (Å²) in [5, 5.41) is 17.1. The molecule has 0 radical (unpaired) electrons. The van der Waals surface area contributed by atoms with Crippen molar-refractivity contribution >= 4 is 33.8 Å². The van der Waals surface area contributed by atoms with Crippen LogP contribution >= 0.6 is 11.3 Å².